The zero-order chi connectivity index (χ0) is 9.84. The van der Waals surface area contributed by atoms with Gasteiger partial charge in [0.2, 0.25) is 5.91 Å². The van der Waals surface area contributed by atoms with Crippen LogP contribution in [0.1, 0.15) is 19.8 Å². The molecule has 0 spiro atoms. The lowest BCUT2D eigenvalue weighted by molar-refractivity contribution is -0.132. The molecule has 0 aromatic heterocycles. The molecule has 0 saturated carbocycles. The standard InChI is InChI=1S/C9H18N2O2/c1-7(12)5-10-8-3-4-9(13)11(2)6-8/h7-8,10,12H,3-6H2,1-2H3/t7-,8?/m0/s1. The van der Waals surface area contributed by atoms with E-state index in [9.17, 15) is 4.79 Å². The molecule has 1 aliphatic heterocycles. The molecule has 0 aromatic rings. The van der Waals surface area contributed by atoms with Gasteiger partial charge in [-0.1, -0.05) is 0 Å². The van der Waals surface area contributed by atoms with Crippen molar-refractivity contribution in [3.8, 4) is 0 Å². The molecule has 0 radical (unpaired) electrons. The first-order valence-corrected chi connectivity index (χ1v) is 4.75. The van der Waals surface area contributed by atoms with Gasteiger partial charge < -0.3 is 15.3 Å². The summed E-state index contributed by atoms with van der Waals surface area (Å²) in [7, 11) is 1.82. The fourth-order valence-electron chi connectivity index (χ4n) is 1.52. The Hall–Kier alpha value is -0.610. The van der Waals surface area contributed by atoms with E-state index in [1.165, 1.54) is 0 Å². The quantitative estimate of drug-likeness (QED) is 0.629. The van der Waals surface area contributed by atoms with E-state index in [4.69, 9.17) is 5.11 Å². The fourth-order valence-corrected chi connectivity index (χ4v) is 1.52. The number of hydrogen-bond acceptors (Lipinski definition) is 3. The number of amides is 1. The van der Waals surface area contributed by atoms with Gasteiger partial charge in [-0.2, -0.15) is 0 Å². The van der Waals surface area contributed by atoms with Gasteiger partial charge in [0, 0.05) is 32.6 Å². The van der Waals surface area contributed by atoms with Crippen molar-refractivity contribution in [3.63, 3.8) is 0 Å². The summed E-state index contributed by atoms with van der Waals surface area (Å²) >= 11 is 0. The van der Waals surface area contributed by atoms with Crippen LogP contribution in [-0.2, 0) is 4.79 Å². The van der Waals surface area contributed by atoms with Gasteiger partial charge in [-0.05, 0) is 13.3 Å². The van der Waals surface area contributed by atoms with Gasteiger partial charge >= 0.3 is 0 Å². The second-order valence-corrected chi connectivity index (χ2v) is 3.77. The molecule has 1 unspecified atom stereocenters. The van der Waals surface area contributed by atoms with E-state index in [0.29, 0.717) is 19.0 Å². The summed E-state index contributed by atoms with van der Waals surface area (Å²) in [6, 6.07) is 0.345. The molecule has 1 aliphatic rings. The van der Waals surface area contributed by atoms with Crippen molar-refractivity contribution in [2.45, 2.75) is 31.9 Å². The molecular weight excluding hydrogens is 168 g/mol. The van der Waals surface area contributed by atoms with Gasteiger partial charge in [0.1, 0.15) is 0 Å². The summed E-state index contributed by atoms with van der Waals surface area (Å²) < 4.78 is 0. The van der Waals surface area contributed by atoms with Crippen molar-refractivity contribution in [2.24, 2.45) is 0 Å². The van der Waals surface area contributed by atoms with Crippen LogP contribution in [0.3, 0.4) is 0 Å². The molecule has 76 valence electrons. The average Bonchev–Trinajstić information content (AvgIpc) is 2.07. The predicted molar refractivity (Wildman–Crippen MR) is 50.3 cm³/mol. The van der Waals surface area contributed by atoms with Crippen LogP contribution in [0.2, 0.25) is 0 Å². The van der Waals surface area contributed by atoms with Crippen LogP contribution >= 0.6 is 0 Å². The van der Waals surface area contributed by atoms with E-state index in [1.807, 2.05) is 7.05 Å². The zero-order valence-corrected chi connectivity index (χ0v) is 8.29. The lowest BCUT2D eigenvalue weighted by Crippen LogP contribution is -2.48. The van der Waals surface area contributed by atoms with Gasteiger partial charge in [-0.25, -0.2) is 0 Å². The highest BCUT2D eigenvalue weighted by Crippen LogP contribution is 2.09. The number of rotatable bonds is 3. The predicted octanol–water partition coefficient (Wildman–Crippen LogP) is -0.422. The number of piperidine rings is 1. The van der Waals surface area contributed by atoms with Gasteiger partial charge in [0.05, 0.1) is 6.10 Å². The monoisotopic (exact) mass is 186 g/mol. The Balaban J connectivity index is 2.25. The van der Waals surface area contributed by atoms with E-state index in [-0.39, 0.29) is 12.0 Å². The highest BCUT2D eigenvalue weighted by Gasteiger charge is 2.22. The Bertz CT molecular complexity index is 182. The number of hydrogen-bond donors (Lipinski definition) is 2. The molecule has 0 aromatic carbocycles. The summed E-state index contributed by atoms with van der Waals surface area (Å²) in [4.78, 5) is 12.9. The lowest BCUT2D eigenvalue weighted by Gasteiger charge is -2.30. The average molecular weight is 186 g/mol. The van der Waals surface area contributed by atoms with E-state index in [1.54, 1.807) is 11.8 Å². The lowest BCUT2D eigenvalue weighted by atomic mass is 10.1. The molecule has 2 N–H and O–H groups in total. The minimum absolute atomic E-state index is 0.218. The Morgan fingerprint density at radius 2 is 2.46 bits per heavy atom. The molecule has 0 bridgehead atoms. The maximum atomic E-state index is 11.1. The summed E-state index contributed by atoms with van der Waals surface area (Å²) in [5.74, 6) is 0.218. The Morgan fingerprint density at radius 3 is 3.00 bits per heavy atom. The van der Waals surface area contributed by atoms with Gasteiger partial charge in [-0.3, -0.25) is 4.79 Å². The number of nitrogens with zero attached hydrogens (tertiary/aromatic N) is 1. The van der Waals surface area contributed by atoms with Crippen molar-refractivity contribution in [3.05, 3.63) is 0 Å². The second-order valence-electron chi connectivity index (χ2n) is 3.77. The third kappa shape index (κ3) is 3.32. The highest BCUT2D eigenvalue weighted by molar-refractivity contribution is 5.76. The van der Waals surface area contributed by atoms with Crippen molar-refractivity contribution in [2.75, 3.05) is 20.1 Å². The van der Waals surface area contributed by atoms with Gasteiger partial charge in [-0.15, -0.1) is 0 Å². The third-order valence-corrected chi connectivity index (χ3v) is 2.33. The number of aliphatic hydroxyl groups excluding tert-OH is 1. The number of nitrogens with one attached hydrogen (secondary N) is 1. The minimum atomic E-state index is -0.317. The maximum absolute atomic E-state index is 11.1. The van der Waals surface area contributed by atoms with Crippen LogP contribution in [-0.4, -0.2) is 48.2 Å². The molecule has 1 fully saturated rings. The minimum Gasteiger partial charge on any atom is -0.392 e. The first-order chi connectivity index (χ1) is 6.09. The van der Waals surface area contributed by atoms with E-state index in [0.717, 1.165) is 13.0 Å². The van der Waals surface area contributed by atoms with Gasteiger partial charge in [0.25, 0.3) is 0 Å². The number of likely N-dealkylation sites (N-methyl/N-ethyl adjacent to an activating group) is 1. The third-order valence-electron chi connectivity index (χ3n) is 2.33. The van der Waals surface area contributed by atoms with Crippen LogP contribution in [0.15, 0.2) is 0 Å². The molecule has 4 nitrogen and oxygen atoms in total. The van der Waals surface area contributed by atoms with Gasteiger partial charge in [0.15, 0.2) is 0 Å². The largest absolute Gasteiger partial charge is 0.392 e. The summed E-state index contributed by atoms with van der Waals surface area (Å²) in [6.45, 7) is 3.11. The van der Waals surface area contributed by atoms with Crippen molar-refractivity contribution in [1.29, 1.82) is 0 Å². The van der Waals surface area contributed by atoms with Crippen LogP contribution < -0.4 is 5.32 Å². The first kappa shape index (κ1) is 10.5. The van der Waals surface area contributed by atoms with Crippen LogP contribution in [0, 0.1) is 0 Å². The van der Waals surface area contributed by atoms with Crippen LogP contribution in [0.4, 0.5) is 0 Å². The Morgan fingerprint density at radius 1 is 1.77 bits per heavy atom. The molecular formula is C9H18N2O2. The van der Waals surface area contributed by atoms with Crippen molar-refractivity contribution in [1.82, 2.24) is 10.2 Å². The Labute approximate surface area is 78.9 Å². The number of likely N-dealkylation sites (tertiary alicyclic amines) is 1. The molecule has 13 heavy (non-hydrogen) atoms. The number of carbonyl (C=O) groups is 1. The first-order valence-electron chi connectivity index (χ1n) is 4.75. The van der Waals surface area contributed by atoms with Crippen LogP contribution in [0.25, 0.3) is 0 Å². The maximum Gasteiger partial charge on any atom is 0.222 e. The molecule has 4 heteroatoms. The molecule has 0 aliphatic carbocycles. The molecule has 2 atom stereocenters. The summed E-state index contributed by atoms with van der Waals surface area (Å²) in [5, 5.41) is 12.3. The zero-order valence-electron chi connectivity index (χ0n) is 8.29. The topological polar surface area (TPSA) is 52.6 Å². The smallest absolute Gasteiger partial charge is 0.222 e. The highest BCUT2D eigenvalue weighted by atomic mass is 16.3. The fraction of sp³-hybridized carbons (Fsp3) is 0.889. The summed E-state index contributed by atoms with van der Waals surface area (Å²) in [6.07, 6.45) is 1.19. The van der Waals surface area contributed by atoms with E-state index >= 15 is 0 Å². The molecule has 1 saturated heterocycles. The normalized spacial score (nSPS) is 26.2. The second kappa shape index (κ2) is 4.58. The number of aliphatic hydroxyl groups is 1. The summed E-state index contributed by atoms with van der Waals surface area (Å²) in [5.41, 5.74) is 0. The Kier molecular flexibility index (Phi) is 3.69. The van der Waals surface area contributed by atoms with E-state index in [2.05, 4.69) is 5.32 Å². The molecule has 1 rings (SSSR count). The van der Waals surface area contributed by atoms with Crippen LogP contribution in [0.5, 0.6) is 0 Å². The number of carbonyl (C=O) groups excluding carboxylic acids is 1. The van der Waals surface area contributed by atoms with Crippen molar-refractivity contribution >= 4 is 5.91 Å². The molecule has 1 heterocycles. The molecule has 1 amide bonds. The van der Waals surface area contributed by atoms with Crippen molar-refractivity contribution < 1.29 is 9.90 Å². The van der Waals surface area contributed by atoms with E-state index < -0.39 is 0 Å². The SMILES string of the molecule is C[C@H](O)CNC1CCC(=O)N(C)C1.